The molecule has 1 saturated carbocycles. The number of nitrogens with zero attached hydrogens (tertiary/aromatic N) is 2. The van der Waals surface area contributed by atoms with Crippen LogP contribution in [-0.2, 0) is 4.74 Å². The maximum Gasteiger partial charge on any atom is 0.260 e. The van der Waals surface area contributed by atoms with Crippen LogP contribution >= 0.6 is 0 Å². The van der Waals surface area contributed by atoms with Crippen molar-refractivity contribution >= 4 is 5.69 Å². The summed E-state index contributed by atoms with van der Waals surface area (Å²) in [7, 11) is 1.76. The summed E-state index contributed by atoms with van der Waals surface area (Å²) in [5.41, 5.74) is 1.98. The highest BCUT2D eigenvalue weighted by Gasteiger charge is 2.29. The van der Waals surface area contributed by atoms with Crippen molar-refractivity contribution < 1.29 is 9.26 Å². The number of aryl methyl sites for hydroxylation is 1. The van der Waals surface area contributed by atoms with E-state index in [9.17, 15) is 0 Å². The molecule has 1 heterocycles. The van der Waals surface area contributed by atoms with Crippen LogP contribution in [-0.4, -0.2) is 29.4 Å². The first-order chi connectivity index (χ1) is 9.26. The Morgan fingerprint density at radius 2 is 2.11 bits per heavy atom. The maximum absolute atomic E-state index is 5.29. The normalized spacial score (nSPS) is 22.0. The van der Waals surface area contributed by atoms with Crippen LogP contribution < -0.4 is 5.32 Å². The Morgan fingerprint density at radius 1 is 1.32 bits per heavy atom. The van der Waals surface area contributed by atoms with Crippen molar-refractivity contribution in [1.29, 1.82) is 0 Å². The van der Waals surface area contributed by atoms with Gasteiger partial charge < -0.3 is 14.6 Å². The van der Waals surface area contributed by atoms with Gasteiger partial charge in [-0.25, -0.2) is 0 Å². The lowest BCUT2D eigenvalue weighted by atomic mass is 9.89. The van der Waals surface area contributed by atoms with Crippen molar-refractivity contribution in [3.8, 4) is 11.5 Å². The van der Waals surface area contributed by atoms with E-state index in [4.69, 9.17) is 9.26 Å². The number of methoxy groups -OCH3 is 1. The predicted molar refractivity (Wildman–Crippen MR) is 71.9 cm³/mol. The van der Waals surface area contributed by atoms with Crippen LogP contribution in [0.25, 0.3) is 11.5 Å². The number of aromatic nitrogens is 2. The molecular formula is C14H17N3O2. The third-order valence-electron chi connectivity index (χ3n) is 3.47. The monoisotopic (exact) mass is 259 g/mol. The molecule has 1 aliphatic carbocycles. The van der Waals surface area contributed by atoms with Gasteiger partial charge in [-0.2, -0.15) is 4.98 Å². The molecule has 0 aliphatic heterocycles. The van der Waals surface area contributed by atoms with Gasteiger partial charge in [0.05, 0.1) is 11.7 Å². The van der Waals surface area contributed by atoms with Crippen molar-refractivity contribution in [3.05, 3.63) is 30.1 Å². The Labute approximate surface area is 112 Å². The second-order valence-electron chi connectivity index (χ2n) is 4.86. The molecule has 0 radical (unpaired) electrons. The lowest BCUT2D eigenvalue weighted by molar-refractivity contribution is 0.0329. The fourth-order valence-electron chi connectivity index (χ4n) is 2.30. The van der Waals surface area contributed by atoms with Crippen molar-refractivity contribution in [2.45, 2.75) is 31.9 Å². The highest BCUT2D eigenvalue weighted by Crippen LogP contribution is 2.31. The third kappa shape index (κ3) is 2.46. The van der Waals surface area contributed by atoms with Crippen molar-refractivity contribution in [2.24, 2.45) is 0 Å². The van der Waals surface area contributed by atoms with Crippen molar-refractivity contribution in [2.75, 3.05) is 12.4 Å². The Bertz CT molecular complexity index is 561. The van der Waals surface area contributed by atoms with Gasteiger partial charge in [-0.15, -0.1) is 0 Å². The fourth-order valence-corrected chi connectivity index (χ4v) is 2.30. The molecule has 1 fully saturated rings. The van der Waals surface area contributed by atoms with Crippen LogP contribution in [0.3, 0.4) is 0 Å². The standard InChI is InChI=1S/C14H17N3O2/c1-9-15-14(19-17-9)12-5-3-4-6-13(12)16-10-7-11(8-10)18-2/h3-6,10-11,16H,7-8H2,1-2H3. The molecule has 0 atom stereocenters. The first-order valence-corrected chi connectivity index (χ1v) is 6.45. The van der Waals surface area contributed by atoms with Gasteiger partial charge in [-0.05, 0) is 31.9 Å². The molecule has 0 spiro atoms. The minimum Gasteiger partial charge on any atom is -0.381 e. The van der Waals surface area contributed by atoms with E-state index in [-0.39, 0.29) is 0 Å². The van der Waals surface area contributed by atoms with E-state index in [2.05, 4.69) is 15.5 Å². The van der Waals surface area contributed by atoms with Gasteiger partial charge in [-0.1, -0.05) is 17.3 Å². The smallest absolute Gasteiger partial charge is 0.260 e. The zero-order valence-corrected chi connectivity index (χ0v) is 11.1. The highest BCUT2D eigenvalue weighted by atomic mass is 16.5. The minimum atomic E-state index is 0.385. The average Bonchev–Trinajstić information content (AvgIpc) is 2.80. The summed E-state index contributed by atoms with van der Waals surface area (Å²) in [6.07, 6.45) is 2.46. The number of hydrogen-bond acceptors (Lipinski definition) is 5. The number of nitrogens with one attached hydrogen (secondary N) is 1. The number of hydrogen-bond donors (Lipinski definition) is 1. The Morgan fingerprint density at radius 3 is 2.79 bits per heavy atom. The van der Waals surface area contributed by atoms with Crippen LogP contribution in [0, 0.1) is 6.92 Å². The largest absolute Gasteiger partial charge is 0.381 e. The van der Waals surface area contributed by atoms with Gasteiger partial charge in [0.25, 0.3) is 5.89 Å². The van der Waals surface area contributed by atoms with Crippen LogP contribution in [0.15, 0.2) is 28.8 Å². The fraction of sp³-hybridized carbons (Fsp3) is 0.429. The number of benzene rings is 1. The highest BCUT2D eigenvalue weighted by molar-refractivity contribution is 5.72. The molecular weight excluding hydrogens is 242 g/mol. The zero-order valence-electron chi connectivity index (χ0n) is 11.1. The lowest BCUT2D eigenvalue weighted by Gasteiger charge is -2.35. The van der Waals surface area contributed by atoms with Crippen LogP contribution in [0.2, 0.25) is 0 Å². The van der Waals surface area contributed by atoms with Crippen molar-refractivity contribution in [3.63, 3.8) is 0 Å². The van der Waals surface area contributed by atoms with Gasteiger partial charge in [0.2, 0.25) is 0 Å². The van der Waals surface area contributed by atoms with E-state index < -0.39 is 0 Å². The second kappa shape index (κ2) is 5.01. The molecule has 100 valence electrons. The molecule has 3 rings (SSSR count). The van der Waals surface area contributed by atoms with Gasteiger partial charge in [0.15, 0.2) is 5.82 Å². The molecule has 0 amide bonds. The third-order valence-corrected chi connectivity index (χ3v) is 3.47. The van der Waals surface area contributed by atoms with Crippen LogP contribution in [0.4, 0.5) is 5.69 Å². The van der Waals surface area contributed by atoms with Crippen LogP contribution in [0.1, 0.15) is 18.7 Å². The number of anilines is 1. The van der Waals surface area contributed by atoms with Gasteiger partial charge >= 0.3 is 0 Å². The van der Waals surface area contributed by atoms with Gasteiger partial charge in [0.1, 0.15) is 0 Å². The Balaban J connectivity index is 1.78. The SMILES string of the molecule is COC1CC(Nc2ccccc2-c2nc(C)no2)C1. The summed E-state index contributed by atoms with van der Waals surface area (Å²) in [5.74, 6) is 1.20. The van der Waals surface area contributed by atoms with Crippen LogP contribution in [0.5, 0.6) is 0 Å². The summed E-state index contributed by atoms with van der Waals surface area (Å²) in [4.78, 5) is 4.28. The van der Waals surface area contributed by atoms with E-state index in [1.54, 1.807) is 7.11 Å². The molecule has 0 bridgehead atoms. The van der Waals surface area contributed by atoms with E-state index in [0.717, 1.165) is 24.1 Å². The maximum atomic E-state index is 5.29. The Hall–Kier alpha value is -1.88. The first kappa shape index (κ1) is 12.2. The van der Waals surface area contributed by atoms with E-state index in [1.807, 2.05) is 31.2 Å². The summed E-state index contributed by atoms with van der Waals surface area (Å²) in [6.45, 7) is 1.82. The summed E-state index contributed by atoms with van der Waals surface area (Å²) >= 11 is 0. The van der Waals surface area contributed by atoms with Gasteiger partial charge in [0, 0.05) is 18.8 Å². The predicted octanol–water partition coefficient (Wildman–Crippen LogP) is 2.63. The van der Waals surface area contributed by atoms with E-state index in [0.29, 0.717) is 23.9 Å². The molecule has 19 heavy (non-hydrogen) atoms. The second-order valence-corrected chi connectivity index (χ2v) is 4.86. The molecule has 5 heteroatoms. The summed E-state index contributed by atoms with van der Waals surface area (Å²) in [6, 6.07) is 8.45. The first-order valence-electron chi connectivity index (χ1n) is 6.45. The molecule has 1 aromatic heterocycles. The zero-order chi connectivity index (χ0) is 13.2. The molecule has 1 aromatic carbocycles. The lowest BCUT2D eigenvalue weighted by Crippen LogP contribution is -2.40. The van der Waals surface area contributed by atoms with E-state index in [1.165, 1.54) is 0 Å². The van der Waals surface area contributed by atoms with Gasteiger partial charge in [-0.3, -0.25) is 0 Å². The topological polar surface area (TPSA) is 60.2 Å². The Kier molecular flexibility index (Phi) is 3.21. The summed E-state index contributed by atoms with van der Waals surface area (Å²) in [5, 5.41) is 7.35. The molecule has 1 aliphatic rings. The quantitative estimate of drug-likeness (QED) is 0.914. The summed E-state index contributed by atoms with van der Waals surface area (Å²) < 4.78 is 10.5. The number of ether oxygens (including phenoxy) is 1. The minimum absolute atomic E-state index is 0.385. The van der Waals surface area contributed by atoms with E-state index >= 15 is 0 Å². The average molecular weight is 259 g/mol. The molecule has 1 N–H and O–H groups in total. The van der Waals surface area contributed by atoms with Crippen molar-refractivity contribution in [1.82, 2.24) is 10.1 Å². The molecule has 0 unspecified atom stereocenters. The molecule has 2 aromatic rings. The number of para-hydroxylation sites is 1. The number of rotatable bonds is 4. The molecule has 5 nitrogen and oxygen atoms in total. The molecule has 0 saturated heterocycles.